The van der Waals surface area contributed by atoms with E-state index in [-0.39, 0.29) is 40.4 Å². The number of halogens is 3. The van der Waals surface area contributed by atoms with Crippen LogP contribution >= 0.6 is 27.5 Å². The Morgan fingerprint density at radius 3 is 2.59 bits per heavy atom. The van der Waals surface area contributed by atoms with Gasteiger partial charge in [-0.25, -0.2) is 9.29 Å². The van der Waals surface area contributed by atoms with E-state index < -0.39 is 52.6 Å². The standard InChI is InChI=1S/C28H23BrClFN2O6/c1-28-16(26(37)33(27(28)38)12-3-6-19(31)18(30)9-12)10-15-13(4-5-14-21(15)25(36)32-24(14)35)22(28)11-7-17(29)23(34)20(8-11)39-2/h3-4,6-9,14-16,21-22,34H,5,10H2,1-2H3,(H,32,35,36)/t14-,15+,16-,21-,22-,28+/m0/s1. The average Bonchev–Trinajstić information content (AvgIpc) is 3.30. The lowest BCUT2D eigenvalue weighted by Gasteiger charge is -2.49. The number of carbonyl (C=O) groups excluding carboxylic acids is 4. The van der Waals surface area contributed by atoms with Gasteiger partial charge in [-0.15, -0.1) is 0 Å². The van der Waals surface area contributed by atoms with Crippen molar-refractivity contribution in [2.45, 2.75) is 25.7 Å². The van der Waals surface area contributed by atoms with Crippen molar-refractivity contribution in [2.75, 3.05) is 12.0 Å². The second-order valence-corrected chi connectivity index (χ2v) is 11.9. The minimum absolute atomic E-state index is 0.120. The van der Waals surface area contributed by atoms with Gasteiger partial charge in [-0.1, -0.05) is 23.3 Å². The quantitative estimate of drug-likeness (QED) is 0.388. The number of nitrogens with zero attached hydrogens (tertiary/aromatic N) is 1. The van der Waals surface area contributed by atoms with Crippen LogP contribution in [0.5, 0.6) is 11.5 Å². The summed E-state index contributed by atoms with van der Waals surface area (Å²) < 4.78 is 19.7. The number of amides is 4. The van der Waals surface area contributed by atoms with Gasteiger partial charge in [-0.2, -0.15) is 0 Å². The summed E-state index contributed by atoms with van der Waals surface area (Å²) in [5.74, 6) is -5.52. The molecule has 2 N–H and O–H groups in total. The van der Waals surface area contributed by atoms with Crippen molar-refractivity contribution in [3.8, 4) is 11.5 Å². The van der Waals surface area contributed by atoms with Crippen molar-refractivity contribution in [3.63, 3.8) is 0 Å². The van der Waals surface area contributed by atoms with Crippen LogP contribution < -0.4 is 15.0 Å². The molecule has 2 aliphatic heterocycles. The third kappa shape index (κ3) is 3.53. The molecule has 2 aliphatic carbocycles. The van der Waals surface area contributed by atoms with Gasteiger partial charge in [0.05, 0.1) is 45.5 Å². The number of hydrogen-bond donors (Lipinski definition) is 2. The molecule has 39 heavy (non-hydrogen) atoms. The number of allylic oxidation sites excluding steroid dienone is 2. The number of aromatic hydroxyl groups is 1. The number of phenols is 1. The van der Waals surface area contributed by atoms with Gasteiger partial charge in [0.2, 0.25) is 23.6 Å². The van der Waals surface area contributed by atoms with Crippen molar-refractivity contribution < 1.29 is 33.4 Å². The number of carbonyl (C=O) groups is 4. The highest BCUT2D eigenvalue weighted by Crippen LogP contribution is 2.63. The maximum absolute atomic E-state index is 14.3. The Kier molecular flexibility index (Phi) is 5.93. The molecule has 3 fully saturated rings. The second kappa shape index (κ2) is 8.89. The van der Waals surface area contributed by atoms with Crippen LogP contribution in [0.3, 0.4) is 0 Å². The molecule has 2 heterocycles. The van der Waals surface area contributed by atoms with Gasteiger partial charge in [-0.05, 0) is 77.5 Å². The average molecular weight is 618 g/mol. The fraction of sp³-hybridized carbons (Fsp3) is 0.357. The van der Waals surface area contributed by atoms with E-state index in [0.29, 0.717) is 16.5 Å². The summed E-state index contributed by atoms with van der Waals surface area (Å²) in [6, 6.07) is 6.97. The number of benzene rings is 2. The van der Waals surface area contributed by atoms with Crippen LogP contribution in [0.2, 0.25) is 5.02 Å². The first-order valence-corrected chi connectivity index (χ1v) is 13.6. The topological polar surface area (TPSA) is 113 Å². The fourth-order valence-electron chi connectivity index (χ4n) is 7.09. The Hall–Kier alpha value is -3.24. The number of anilines is 1. The normalized spacial score (nSPS) is 31.5. The summed E-state index contributed by atoms with van der Waals surface area (Å²) in [4.78, 5) is 54.8. The van der Waals surface area contributed by atoms with E-state index in [2.05, 4.69) is 21.2 Å². The number of methoxy groups -OCH3 is 1. The number of nitrogens with one attached hydrogen (secondary N) is 1. The highest BCUT2D eigenvalue weighted by molar-refractivity contribution is 9.10. The number of ether oxygens (including phenoxy) is 1. The molecule has 6 rings (SSSR count). The Morgan fingerprint density at radius 2 is 1.90 bits per heavy atom. The molecule has 0 unspecified atom stereocenters. The van der Waals surface area contributed by atoms with Crippen LogP contribution in [-0.4, -0.2) is 35.8 Å². The summed E-state index contributed by atoms with van der Waals surface area (Å²) in [5.41, 5.74) is 0.245. The van der Waals surface area contributed by atoms with E-state index in [1.54, 1.807) is 19.1 Å². The van der Waals surface area contributed by atoms with E-state index in [0.717, 1.165) is 16.5 Å². The molecule has 11 heteroatoms. The van der Waals surface area contributed by atoms with Gasteiger partial charge in [-0.3, -0.25) is 24.5 Å². The molecule has 202 valence electrons. The lowest BCUT2D eigenvalue weighted by atomic mass is 9.51. The first kappa shape index (κ1) is 26.0. The zero-order chi connectivity index (χ0) is 28.0. The molecule has 2 aromatic carbocycles. The van der Waals surface area contributed by atoms with Crippen LogP contribution in [0.25, 0.3) is 0 Å². The minimum Gasteiger partial charge on any atom is -0.503 e. The minimum atomic E-state index is -1.30. The first-order chi connectivity index (χ1) is 18.5. The number of fused-ring (bicyclic) bond motifs is 4. The van der Waals surface area contributed by atoms with Crippen LogP contribution in [0.4, 0.5) is 10.1 Å². The Labute approximate surface area is 236 Å². The lowest BCUT2D eigenvalue weighted by molar-refractivity contribution is -0.131. The van der Waals surface area contributed by atoms with E-state index in [1.807, 2.05) is 6.08 Å². The molecule has 8 nitrogen and oxygen atoms in total. The molecule has 2 aromatic rings. The van der Waals surface area contributed by atoms with Gasteiger partial charge in [0.1, 0.15) is 5.82 Å². The molecule has 6 atom stereocenters. The maximum Gasteiger partial charge on any atom is 0.241 e. The summed E-state index contributed by atoms with van der Waals surface area (Å²) in [7, 11) is 1.41. The molecule has 1 saturated carbocycles. The van der Waals surface area contributed by atoms with Gasteiger partial charge in [0.15, 0.2) is 11.5 Å². The molecular weight excluding hydrogens is 595 g/mol. The number of hydrogen-bond acceptors (Lipinski definition) is 6. The van der Waals surface area contributed by atoms with Crippen LogP contribution in [-0.2, 0) is 19.2 Å². The fourth-order valence-corrected chi connectivity index (χ4v) is 7.73. The monoisotopic (exact) mass is 616 g/mol. The molecular formula is C28H23BrClFN2O6. The number of rotatable bonds is 3. The van der Waals surface area contributed by atoms with Crippen molar-refractivity contribution in [1.82, 2.24) is 5.32 Å². The zero-order valence-corrected chi connectivity index (χ0v) is 23.2. The Balaban J connectivity index is 1.56. The SMILES string of the molecule is COc1cc([C@H]2C3=CC[C@@H]4C(=O)NC(=O)[C@@H]4[C@@H]3C[C@H]3C(=O)N(c4ccc(F)c(Cl)c4)C(=O)[C@@]23C)cc(Br)c1O. The molecule has 0 aromatic heterocycles. The largest absolute Gasteiger partial charge is 0.503 e. The summed E-state index contributed by atoms with van der Waals surface area (Å²) >= 11 is 9.37. The van der Waals surface area contributed by atoms with Crippen molar-refractivity contribution in [3.05, 3.63) is 62.9 Å². The van der Waals surface area contributed by atoms with E-state index in [1.165, 1.54) is 19.2 Å². The van der Waals surface area contributed by atoms with Gasteiger partial charge < -0.3 is 9.84 Å². The highest BCUT2D eigenvalue weighted by atomic mass is 79.9. The van der Waals surface area contributed by atoms with Crippen LogP contribution in [0.15, 0.2) is 46.5 Å². The number of imide groups is 2. The smallest absolute Gasteiger partial charge is 0.241 e. The second-order valence-electron chi connectivity index (χ2n) is 10.7. The van der Waals surface area contributed by atoms with Gasteiger partial charge >= 0.3 is 0 Å². The van der Waals surface area contributed by atoms with Crippen molar-refractivity contribution >= 4 is 56.8 Å². The van der Waals surface area contributed by atoms with Crippen LogP contribution in [0.1, 0.15) is 31.2 Å². The summed E-state index contributed by atoms with van der Waals surface area (Å²) in [5, 5.41) is 12.7. The van der Waals surface area contributed by atoms with Crippen molar-refractivity contribution in [2.24, 2.45) is 29.1 Å². The highest BCUT2D eigenvalue weighted by Gasteiger charge is 2.67. The summed E-state index contributed by atoms with van der Waals surface area (Å²) in [6.07, 6.45) is 2.42. The van der Waals surface area contributed by atoms with E-state index in [4.69, 9.17) is 16.3 Å². The summed E-state index contributed by atoms with van der Waals surface area (Å²) in [6.45, 7) is 1.73. The zero-order valence-electron chi connectivity index (χ0n) is 20.8. The molecule has 0 spiro atoms. The third-order valence-corrected chi connectivity index (χ3v) is 9.78. The first-order valence-electron chi connectivity index (χ1n) is 12.4. The molecule has 4 aliphatic rings. The molecule has 0 radical (unpaired) electrons. The molecule has 0 bridgehead atoms. The number of phenolic OH excluding ortho intramolecular Hbond substituents is 1. The van der Waals surface area contributed by atoms with E-state index in [9.17, 15) is 28.7 Å². The van der Waals surface area contributed by atoms with Gasteiger partial charge in [0.25, 0.3) is 0 Å². The third-order valence-electron chi connectivity index (χ3n) is 8.88. The Bertz CT molecular complexity index is 1530. The van der Waals surface area contributed by atoms with Gasteiger partial charge in [0, 0.05) is 5.92 Å². The van der Waals surface area contributed by atoms with Crippen molar-refractivity contribution in [1.29, 1.82) is 0 Å². The Morgan fingerprint density at radius 1 is 1.15 bits per heavy atom. The maximum atomic E-state index is 14.3. The predicted molar refractivity (Wildman–Crippen MR) is 142 cm³/mol. The lowest BCUT2D eigenvalue weighted by Crippen LogP contribution is -2.48. The van der Waals surface area contributed by atoms with Crippen LogP contribution in [0, 0.1) is 34.9 Å². The molecule has 2 saturated heterocycles. The van der Waals surface area contributed by atoms with E-state index >= 15 is 0 Å². The predicted octanol–water partition coefficient (Wildman–Crippen LogP) is 4.47. The molecule has 4 amide bonds.